The molecule has 172 valence electrons. The van der Waals surface area contributed by atoms with Gasteiger partial charge in [0.2, 0.25) is 0 Å². The number of halogens is 2. The van der Waals surface area contributed by atoms with Gasteiger partial charge in [0, 0.05) is 22.3 Å². The van der Waals surface area contributed by atoms with Crippen LogP contribution in [-0.2, 0) is 8.71 Å². The third-order valence-corrected chi connectivity index (χ3v) is 6.94. The van der Waals surface area contributed by atoms with Gasteiger partial charge in [-0.1, -0.05) is 52.4 Å². The number of hydrogen-bond acceptors (Lipinski definition) is 4. The maximum absolute atomic E-state index is 14.9. The summed E-state index contributed by atoms with van der Waals surface area (Å²) in [7, 11) is -1.56. The average Bonchev–Trinajstić information content (AvgIpc) is 3.03. The summed E-state index contributed by atoms with van der Waals surface area (Å²) in [5.74, 6) is -3.04. The molecule has 1 aliphatic rings. The molecule has 0 aliphatic heterocycles. The quantitative estimate of drug-likeness (QED) is 0.116. The minimum atomic E-state index is -2.98. The second-order valence-electron chi connectivity index (χ2n) is 8.30. The fraction of sp³-hybridized carbons (Fsp3) is 1.00. The minimum Gasteiger partial charge on any atom is -0.393 e. The molecule has 6 atom stereocenters. The maximum Gasteiger partial charge on any atom is 0.275 e. The summed E-state index contributed by atoms with van der Waals surface area (Å²) in [4.78, 5) is 0. The molecular weight excluding hydrogens is 412 g/mol. The molecule has 0 saturated heterocycles. The van der Waals surface area contributed by atoms with Crippen molar-refractivity contribution in [3.8, 4) is 0 Å². The van der Waals surface area contributed by atoms with E-state index >= 15 is 0 Å². The zero-order chi connectivity index (χ0) is 24.0. The third-order valence-electron chi connectivity index (χ3n) is 6.14. The first-order valence-electron chi connectivity index (χ1n) is 12.9. The maximum atomic E-state index is 14.9. The van der Waals surface area contributed by atoms with Crippen LogP contribution in [0.4, 0.5) is 8.78 Å². The molecule has 1 aliphatic carbocycles. The highest BCUT2D eigenvalue weighted by Crippen LogP contribution is 2.43. The summed E-state index contributed by atoms with van der Waals surface area (Å²) in [6, 6.07) is 0. The van der Waals surface area contributed by atoms with E-state index in [2.05, 4.69) is 6.92 Å². The van der Waals surface area contributed by atoms with Crippen LogP contribution in [0, 0.1) is 11.8 Å². The van der Waals surface area contributed by atoms with Crippen LogP contribution < -0.4 is 0 Å². The van der Waals surface area contributed by atoms with E-state index in [0.717, 1.165) is 31.3 Å². The minimum absolute atomic E-state index is 0.00130. The number of aliphatic hydroxyl groups is 1. The van der Waals surface area contributed by atoms with Crippen molar-refractivity contribution in [2.24, 2.45) is 11.8 Å². The standard InChI is InChI=1S/C21H42BF2O3PS/c1-3-5-7-8-9-10-16-17(19(26-28)14-18(16)25)11-12-20(27-29-15-22)21(23,24)13-6-4-2/h16-20,25H,3-15,22,28H2,1-2H3/t16-,17-,18+,19-,20?/m1/s1/i22TD,28T/t16-,17-,18+,19-,20?,28?. The van der Waals surface area contributed by atoms with Crippen molar-refractivity contribution in [2.45, 2.75) is 115 Å². The van der Waals surface area contributed by atoms with Gasteiger partial charge in [0.05, 0.1) is 13.5 Å². The lowest BCUT2D eigenvalue weighted by Crippen LogP contribution is -2.36. The number of rotatable bonds is 19. The van der Waals surface area contributed by atoms with Crippen LogP contribution in [0.1, 0.15) is 90.9 Å². The Bertz CT molecular complexity index is 490. The van der Waals surface area contributed by atoms with Crippen LogP contribution in [0.5, 0.6) is 0 Å². The highest BCUT2D eigenvalue weighted by molar-refractivity contribution is 7.95. The third kappa shape index (κ3) is 9.72. The monoisotopic (exact) mass is 459 g/mol. The highest BCUT2D eigenvalue weighted by Gasteiger charge is 2.45. The van der Waals surface area contributed by atoms with Crippen LogP contribution in [-0.4, -0.2) is 46.7 Å². The number of alkyl halides is 2. The Hall–Kier alpha value is 0.585. The molecule has 1 fully saturated rings. The van der Waals surface area contributed by atoms with Crippen LogP contribution in [0.15, 0.2) is 0 Å². The molecule has 0 bridgehead atoms. The van der Waals surface area contributed by atoms with Crippen molar-refractivity contribution in [1.29, 1.82) is 3.95 Å². The SMILES string of the molecule is [2H]B([3H])CSOC(CC[C@@H]1[C@@H](CCCCCCC)[C@@H](O)C[C@H]1OP[3H])C(F)(F)CCCC. The number of aliphatic hydroxyl groups excluding tert-OH is 1. The fourth-order valence-corrected chi connectivity index (χ4v) is 5.19. The van der Waals surface area contributed by atoms with Crippen molar-refractivity contribution in [3.63, 3.8) is 0 Å². The summed E-state index contributed by atoms with van der Waals surface area (Å²) in [6.07, 6.45) is 6.29. The van der Waals surface area contributed by atoms with Crippen LogP contribution in [0.3, 0.4) is 0 Å². The van der Waals surface area contributed by atoms with Crippen molar-refractivity contribution in [3.05, 3.63) is 0 Å². The number of unbranched alkanes of at least 4 members (excludes halogenated alkanes) is 5. The van der Waals surface area contributed by atoms with E-state index in [9.17, 15) is 13.9 Å². The molecule has 0 amide bonds. The first-order valence-corrected chi connectivity index (χ1v) is 12.6. The van der Waals surface area contributed by atoms with Gasteiger partial charge < -0.3 is 13.8 Å². The Morgan fingerprint density at radius 1 is 1.28 bits per heavy atom. The molecule has 1 saturated carbocycles. The van der Waals surface area contributed by atoms with Gasteiger partial charge in [0.1, 0.15) is 13.9 Å². The largest absolute Gasteiger partial charge is 0.393 e. The zero-order valence-corrected chi connectivity index (χ0v) is 19.9. The average molecular weight is 459 g/mol. The van der Waals surface area contributed by atoms with Gasteiger partial charge in [0.25, 0.3) is 5.92 Å². The van der Waals surface area contributed by atoms with Gasteiger partial charge >= 0.3 is 0 Å². The van der Waals surface area contributed by atoms with Gasteiger partial charge in [-0.25, -0.2) is 8.78 Å². The summed E-state index contributed by atoms with van der Waals surface area (Å²) >= 11 is 0.782. The molecule has 0 aromatic rings. The molecule has 2 unspecified atom stereocenters. The molecule has 0 radical (unpaired) electrons. The van der Waals surface area contributed by atoms with Gasteiger partial charge in [-0.15, -0.1) is 0 Å². The second kappa shape index (κ2) is 15.4. The van der Waals surface area contributed by atoms with Crippen LogP contribution in [0.2, 0.25) is 0 Å². The van der Waals surface area contributed by atoms with E-state index in [-0.39, 0.29) is 36.4 Å². The Morgan fingerprint density at radius 3 is 2.72 bits per heavy atom. The molecule has 0 spiro atoms. The van der Waals surface area contributed by atoms with Crippen molar-refractivity contribution >= 4 is 29.2 Å². The topological polar surface area (TPSA) is 38.7 Å². The van der Waals surface area contributed by atoms with Gasteiger partial charge in [-0.3, -0.25) is 0 Å². The lowest BCUT2D eigenvalue weighted by atomic mass is 9.84. The van der Waals surface area contributed by atoms with E-state index < -0.39 is 35.3 Å². The molecule has 0 aromatic carbocycles. The van der Waals surface area contributed by atoms with E-state index in [4.69, 9.17) is 12.7 Å². The molecule has 1 N–H and O–H groups in total. The number of hydrogen-bond donors (Lipinski definition) is 1. The van der Waals surface area contributed by atoms with E-state index in [1.165, 1.54) is 19.3 Å². The lowest BCUT2D eigenvalue weighted by Gasteiger charge is -2.30. The van der Waals surface area contributed by atoms with E-state index in [0.29, 0.717) is 25.7 Å². The Kier molecular flexibility index (Phi) is 12.1. The fourth-order valence-electron chi connectivity index (χ4n) is 4.44. The molecule has 1 rings (SSSR count). The van der Waals surface area contributed by atoms with Crippen molar-refractivity contribution in [1.82, 2.24) is 0 Å². The van der Waals surface area contributed by atoms with Gasteiger partial charge in [-0.05, 0) is 57.9 Å². The van der Waals surface area contributed by atoms with Crippen LogP contribution >= 0.6 is 21.5 Å². The first-order chi connectivity index (χ1) is 15.3. The predicted octanol–water partition coefficient (Wildman–Crippen LogP) is 5.75. The molecular formula is C21H42BF2O3PS. The molecule has 0 aromatic heterocycles. The molecule has 3 nitrogen and oxygen atoms in total. The van der Waals surface area contributed by atoms with E-state index in [1.54, 1.807) is 0 Å². The summed E-state index contributed by atoms with van der Waals surface area (Å²) in [5, 5.41) is 10.6. The van der Waals surface area contributed by atoms with Gasteiger partial charge in [-0.2, -0.15) is 0 Å². The highest BCUT2D eigenvalue weighted by atomic mass is 32.2. The smallest absolute Gasteiger partial charge is 0.275 e. The zero-order valence-electron chi connectivity index (χ0n) is 21.1. The normalized spacial score (nSPS) is 27.8. The summed E-state index contributed by atoms with van der Waals surface area (Å²) in [5.41, 5.74) is 0.0224. The molecule has 29 heavy (non-hydrogen) atoms. The summed E-state index contributed by atoms with van der Waals surface area (Å²) < 4.78 is 62.8. The predicted molar refractivity (Wildman–Crippen MR) is 125 cm³/mol. The van der Waals surface area contributed by atoms with Crippen LogP contribution in [0.25, 0.3) is 0 Å². The molecule has 0 heterocycles. The first kappa shape index (κ1) is 22.8. The van der Waals surface area contributed by atoms with Crippen molar-refractivity contribution < 1.29 is 22.6 Å². The Labute approximate surface area is 188 Å². The second-order valence-corrected chi connectivity index (χ2v) is 9.30. The lowest BCUT2D eigenvalue weighted by molar-refractivity contribution is -0.102. The van der Waals surface area contributed by atoms with E-state index in [1.807, 2.05) is 6.92 Å². The summed E-state index contributed by atoms with van der Waals surface area (Å²) in [6.45, 7) is 4.04. The molecule has 8 heteroatoms. The Balaban J connectivity index is 2.79. The van der Waals surface area contributed by atoms with Crippen molar-refractivity contribution in [2.75, 3.05) is 5.65 Å². The van der Waals surface area contributed by atoms with Gasteiger partial charge in [0.15, 0.2) is 0 Å². The Morgan fingerprint density at radius 2 is 2.03 bits per heavy atom.